The van der Waals surface area contributed by atoms with Crippen molar-refractivity contribution >= 4 is 65.6 Å². The highest BCUT2D eigenvalue weighted by Crippen LogP contribution is 2.33. The van der Waals surface area contributed by atoms with Gasteiger partial charge in [-0.1, -0.05) is 22.9 Å². The number of carbonyl (C=O) groups excluding carboxylic acids is 2. The molecule has 0 aliphatic heterocycles. The Morgan fingerprint density at radius 2 is 1.90 bits per heavy atom. The molecule has 0 atom stereocenters. The minimum atomic E-state index is -3.35. The molecule has 11 heteroatoms. The van der Waals surface area contributed by atoms with Gasteiger partial charge in [-0.2, -0.15) is 0 Å². The third kappa shape index (κ3) is 4.66. The fourth-order valence-corrected chi connectivity index (χ4v) is 4.37. The molecule has 0 aliphatic carbocycles. The predicted molar refractivity (Wildman–Crippen MR) is 113 cm³/mol. The van der Waals surface area contributed by atoms with Gasteiger partial charge in [0.2, 0.25) is 5.91 Å². The quantitative estimate of drug-likeness (QED) is 0.610. The van der Waals surface area contributed by atoms with Crippen LogP contribution in [0.25, 0.3) is 10.2 Å². The molecule has 0 spiro atoms. The lowest BCUT2D eigenvalue weighted by Gasteiger charge is -2.12. The number of methoxy groups -OCH3 is 1. The van der Waals surface area contributed by atoms with Crippen molar-refractivity contribution in [3.8, 4) is 5.75 Å². The Bertz CT molecular complexity index is 1240. The van der Waals surface area contributed by atoms with Crippen LogP contribution in [-0.4, -0.2) is 38.6 Å². The summed E-state index contributed by atoms with van der Waals surface area (Å²) < 4.78 is 29.3. The zero-order chi connectivity index (χ0) is 21.3. The lowest BCUT2D eigenvalue weighted by molar-refractivity contribution is -0.114. The topological polar surface area (TPSA) is 114 Å². The highest BCUT2D eigenvalue weighted by molar-refractivity contribution is 7.90. The number of rotatable bonds is 5. The molecule has 1 aromatic heterocycles. The smallest absolute Gasteiger partial charge is 0.261 e. The van der Waals surface area contributed by atoms with Gasteiger partial charge in [0.25, 0.3) is 5.91 Å². The Kier molecular flexibility index (Phi) is 5.78. The van der Waals surface area contributed by atoms with E-state index in [0.29, 0.717) is 21.0 Å². The van der Waals surface area contributed by atoms with E-state index < -0.39 is 15.7 Å². The summed E-state index contributed by atoms with van der Waals surface area (Å²) >= 11 is 7.30. The minimum absolute atomic E-state index is 0.155. The van der Waals surface area contributed by atoms with Gasteiger partial charge in [0, 0.05) is 19.2 Å². The number of anilines is 2. The van der Waals surface area contributed by atoms with Gasteiger partial charge in [0.05, 0.1) is 38.5 Å². The van der Waals surface area contributed by atoms with Gasteiger partial charge in [0.1, 0.15) is 5.75 Å². The number of benzene rings is 2. The highest BCUT2D eigenvalue weighted by Gasteiger charge is 2.18. The van der Waals surface area contributed by atoms with Gasteiger partial charge in [-0.25, -0.2) is 13.4 Å². The fraction of sp³-hybridized carbons (Fsp3) is 0.167. The molecule has 2 N–H and O–H groups in total. The van der Waals surface area contributed by atoms with Gasteiger partial charge < -0.3 is 10.1 Å². The van der Waals surface area contributed by atoms with Crippen molar-refractivity contribution in [3.63, 3.8) is 0 Å². The van der Waals surface area contributed by atoms with Gasteiger partial charge >= 0.3 is 0 Å². The number of carbonyl (C=O) groups is 2. The number of sulfone groups is 1. The lowest BCUT2D eigenvalue weighted by atomic mass is 10.1. The standard InChI is InChI=1S/C18H16ClN3O5S2/c1-9(23)20-14-8-15(27-2)11(7-12(14)19)17(24)22-18-21-13-5-4-10(29(3,25)26)6-16(13)28-18/h4-8H,1-3H3,(H,20,23)(H,21,22,24). The molecular weight excluding hydrogens is 438 g/mol. The molecule has 0 radical (unpaired) electrons. The molecule has 0 bridgehead atoms. The summed E-state index contributed by atoms with van der Waals surface area (Å²) in [5.74, 6) is -0.606. The molecule has 3 rings (SSSR count). The first-order valence-electron chi connectivity index (χ1n) is 8.15. The predicted octanol–water partition coefficient (Wildman–Crippen LogP) is 3.57. The first-order valence-corrected chi connectivity index (χ1v) is 11.2. The van der Waals surface area contributed by atoms with Gasteiger partial charge in [-0.05, 0) is 24.3 Å². The maximum atomic E-state index is 12.7. The molecule has 1 heterocycles. The zero-order valence-electron chi connectivity index (χ0n) is 15.6. The molecule has 0 fully saturated rings. The minimum Gasteiger partial charge on any atom is -0.496 e. The summed E-state index contributed by atoms with van der Waals surface area (Å²) in [5.41, 5.74) is 1.03. The van der Waals surface area contributed by atoms with E-state index in [0.717, 1.165) is 17.6 Å². The SMILES string of the molecule is COc1cc(NC(C)=O)c(Cl)cc1C(=O)Nc1nc2ccc(S(C)(=O)=O)cc2s1. The average molecular weight is 454 g/mol. The third-order valence-corrected chi connectivity index (χ3v) is 6.21. The molecule has 0 saturated carbocycles. The second-order valence-corrected chi connectivity index (χ2v) is 9.54. The Morgan fingerprint density at radius 3 is 2.52 bits per heavy atom. The van der Waals surface area contributed by atoms with Crippen LogP contribution in [0.1, 0.15) is 17.3 Å². The van der Waals surface area contributed by atoms with Crippen molar-refractivity contribution in [1.29, 1.82) is 0 Å². The van der Waals surface area contributed by atoms with Gasteiger partial charge in [0.15, 0.2) is 15.0 Å². The summed E-state index contributed by atoms with van der Waals surface area (Å²) in [4.78, 5) is 28.4. The maximum Gasteiger partial charge on any atom is 0.261 e. The molecular formula is C18H16ClN3O5S2. The number of nitrogens with one attached hydrogen (secondary N) is 2. The number of aromatic nitrogens is 1. The zero-order valence-corrected chi connectivity index (χ0v) is 18.0. The van der Waals surface area contributed by atoms with E-state index in [1.807, 2.05) is 0 Å². The molecule has 0 aliphatic rings. The second-order valence-electron chi connectivity index (χ2n) is 6.09. The van der Waals surface area contributed by atoms with Crippen molar-refractivity contribution < 1.29 is 22.7 Å². The number of hydrogen-bond acceptors (Lipinski definition) is 7. The van der Waals surface area contributed by atoms with Crippen LogP contribution in [0.5, 0.6) is 5.75 Å². The van der Waals surface area contributed by atoms with E-state index in [4.69, 9.17) is 16.3 Å². The number of thiazole rings is 1. The molecule has 29 heavy (non-hydrogen) atoms. The van der Waals surface area contributed by atoms with Crippen LogP contribution in [0.2, 0.25) is 5.02 Å². The van der Waals surface area contributed by atoms with Crippen LogP contribution >= 0.6 is 22.9 Å². The Labute approximate surface area is 175 Å². The highest BCUT2D eigenvalue weighted by atomic mass is 35.5. The van der Waals surface area contributed by atoms with Crippen LogP contribution in [0.4, 0.5) is 10.8 Å². The summed E-state index contributed by atoms with van der Waals surface area (Å²) in [5, 5.41) is 5.68. The number of halogens is 1. The van der Waals surface area contributed by atoms with Crippen molar-refractivity contribution in [1.82, 2.24) is 4.98 Å². The van der Waals surface area contributed by atoms with Crippen molar-refractivity contribution in [2.45, 2.75) is 11.8 Å². The molecule has 152 valence electrons. The first-order chi connectivity index (χ1) is 13.6. The number of nitrogens with zero attached hydrogens (tertiary/aromatic N) is 1. The van der Waals surface area contributed by atoms with Gasteiger partial charge in [-0.3, -0.25) is 14.9 Å². The maximum absolute atomic E-state index is 12.7. The second kappa shape index (κ2) is 7.97. The Balaban J connectivity index is 1.91. The fourth-order valence-electron chi connectivity index (χ4n) is 2.54. The van der Waals surface area contributed by atoms with Crippen LogP contribution in [0.15, 0.2) is 35.2 Å². The van der Waals surface area contributed by atoms with E-state index in [1.54, 1.807) is 6.07 Å². The lowest BCUT2D eigenvalue weighted by Crippen LogP contribution is -2.14. The number of hydrogen-bond donors (Lipinski definition) is 2. The number of amides is 2. The summed E-state index contributed by atoms with van der Waals surface area (Å²) in [6, 6.07) is 7.40. The van der Waals surface area contributed by atoms with E-state index in [9.17, 15) is 18.0 Å². The third-order valence-electron chi connectivity index (χ3n) is 3.85. The van der Waals surface area contributed by atoms with Gasteiger partial charge in [-0.15, -0.1) is 0 Å². The summed E-state index contributed by atoms with van der Waals surface area (Å²) in [6.45, 7) is 1.34. The van der Waals surface area contributed by atoms with Crippen molar-refractivity contribution in [2.24, 2.45) is 0 Å². The molecule has 0 unspecified atom stereocenters. The monoisotopic (exact) mass is 453 g/mol. The number of ether oxygens (including phenoxy) is 1. The summed E-state index contributed by atoms with van der Waals surface area (Å²) in [6.07, 6.45) is 1.12. The average Bonchev–Trinajstić information content (AvgIpc) is 3.03. The van der Waals surface area contributed by atoms with Crippen LogP contribution in [-0.2, 0) is 14.6 Å². The number of fused-ring (bicyclic) bond motifs is 1. The Hall–Kier alpha value is -2.69. The summed E-state index contributed by atoms with van der Waals surface area (Å²) in [7, 11) is -1.96. The van der Waals surface area contributed by atoms with Crippen molar-refractivity contribution in [2.75, 3.05) is 24.0 Å². The van der Waals surface area contributed by atoms with E-state index in [1.165, 1.54) is 38.3 Å². The largest absolute Gasteiger partial charge is 0.496 e. The van der Waals surface area contributed by atoms with Crippen LogP contribution < -0.4 is 15.4 Å². The normalized spacial score (nSPS) is 11.3. The molecule has 2 aromatic carbocycles. The van der Waals surface area contributed by atoms with Crippen LogP contribution in [0, 0.1) is 0 Å². The first kappa shape index (κ1) is 21.0. The van der Waals surface area contributed by atoms with Crippen LogP contribution in [0.3, 0.4) is 0 Å². The molecule has 0 saturated heterocycles. The Morgan fingerprint density at radius 1 is 1.17 bits per heavy atom. The molecule has 8 nitrogen and oxygen atoms in total. The molecule has 2 amide bonds. The van der Waals surface area contributed by atoms with E-state index in [-0.39, 0.29) is 27.1 Å². The molecule has 3 aromatic rings. The van der Waals surface area contributed by atoms with Crippen molar-refractivity contribution in [3.05, 3.63) is 40.9 Å². The van der Waals surface area contributed by atoms with E-state index >= 15 is 0 Å². The van der Waals surface area contributed by atoms with E-state index in [2.05, 4.69) is 15.6 Å².